The Labute approximate surface area is 187 Å². The first-order valence-corrected chi connectivity index (χ1v) is 11.6. The number of methoxy groups -OCH3 is 1. The summed E-state index contributed by atoms with van der Waals surface area (Å²) in [4.78, 5) is 17.2. The first-order valence-electron chi connectivity index (χ1n) is 11.6. The van der Waals surface area contributed by atoms with E-state index in [9.17, 15) is 4.79 Å². The molecule has 5 heteroatoms. The van der Waals surface area contributed by atoms with Gasteiger partial charge in [-0.3, -0.25) is 4.79 Å². The van der Waals surface area contributed by atoms with Gasteiger partial charge in [-0.1, -0.05) is 63.6 Å². The van der Waals surface area contributed by atoms with Crippen molar-refractivity contribution in [1.29, 1.82) is 0 Å². The number of anilines is 1. The van der Waals surface area contributed by atoms with Crippen LogP contribution in [0.4, 0.5) is 5.69 Å². The number of amides is 1. The van der Waals surface area contributed by atoms with Gasteiger partial charge in [0.05, 0.1) is 12.8 Å². The zero-order valence-electron chi connectivity index (χ0n) is 19.5. The van der Waals surface area contributed by atoms with Crippen molar-refractivity contribution in [3.05, 3.63) is 59.7 Å². The quantitative estimate of drug-likeness (QED) is 0.672. The Kier molecular flexibility index (Phi) is 8.35. The monoisotopic (exact) mass is 424 g/mol. The van der Waals surface area contributed by atoms with Crippen LogP contribution in [-0.4, -0.2) is 50.6 Å². The minimum atomic E-state index is 0.230. The molecule has 1 fully saturated rings. The fourth-order valence-electron chi connectivity index (χ4n) is 4.43. The Morgan fingerprint density at radius 1 is 1.03 bits per heavy atom. The molecule has 0 aliphatic carbocycles. The molecule has 0 aromatic heterocycles. The van der Waals surface area contributed by atoms with Gasteiger partial charge in [0, 0.05) is 37.7 Å². The van der Waals surface area contributed by atoms with Crippen LogP contribution in [0.1, 0.15) is 44.4 Å². The molecule has 0 unspecified atom stereocenters. The first kappa shape index (κ1) is 23.1. The highest BCUT2D eigenvalue weighted by Crippen LogP contribution is 2.28. The van der Waals surface area contributed by atoms with Gasteiger partial charge in [0.15, 0.2) is 6.54 Å². The maximum Gasteiger partial charge on any atom is 0.277 e. The van der Waals surface area contributed by atoms with Crippen LogP contribution in [0.2, 0.25) is 0 Å². The summed E-state index contributed by atoms with van der Waals surface area (Å²) in [6, 6.07) is 17.3. The van der Waals surface area contributed by atoms with E-state index >= 15 is 0 Å². The van der Waals surface area contributed by atoms with Gasteiger partial charge in [0.2, 0.25) is 0 Å². The standard InChI is InChI=1S/C26H37N3O2/c1-5-8-21-11-13-22(14-12-21)26(20(2)3)27-19-25(30)29-17-15-28(16-18-29)23-9-6-7-10-24(23)31-4/h6-7,9-14,20,26-27H,5,8,15-19H2,1-4H3/p+1/t26-/m1/s1. The lowest BCUT2D eigenvalue weighted by Gasteiger charge is -2.36. The summed E-state index contributed by atoms with van der Waals surface area (Å²) >= 11 is 0. The van der Waals surface area contributed by atoms with Gasteiger partial charge in [-0.05, 0) is 24.1 Å². The second-order valence-electron chi connectivity index (χ2n) is 8.74. The lowest BCUT2D eigenvalue weighted by atomic mass is 9.94. The van der Waals surface area contributed by atoms with Crippen LogP contribution in [-0.2, 0) is 11.2 Å². The second kappa shape index (κ2) is 11.2. The van der Waals surface area contributed by atoms with Gasteiger partial charge in [0.1, 0.15) is 11.8 Å². The molecule has 168 valence electrons. The molecule has 1 atom stereocenters. The maximum absolute atomic E-state index is 12.9. The zero-order chi connectivity index (χ0) is 22.2. The van der Waals surface area contributed by atoms with E-state index in [1.54, 1.807) is 7.11 Å². The van der Waals surface area contributed by atoms with Crippen molar-refractivity contribution in [2.24, 2.45) is 5.92 Å². The van der Waals surface area contributed by atoms with E-state index in [4.69, 9.17) is 4.74 Å². The van der Waals surface area contributed by atoms with E-state index in [1.807, 2.05) is 23.1 Å². The van der Waals surface area contributed by atoms with E-state index in [2.05, 4.69) is 61.3 Å². The number of para-hydroxylation sites is 2. The lowest BCUT2D eigenvalue weighted by molar-refractivity contribution is -0.692. The van der Waals surface area contributed by atoms with Crippen molar-refractivity contribution in [2.75, 3.05) is 44.7 Å². The number of aryl methyl sites for hydroxylation is 1. The average Bonchev–Trinajstić information content (AvgIpc) is 2.80. The molecule has 1 amide bonds. The van der Waals surface area contributed by atoms with Crippen LogP contribution in [0.25, 0.3) is 0 Å². The van der Waals surface area contributed by atoms with Crippen molar-refractivity contribution in [3.8, 4) is 5.75 Å². The van der Waals surface area contributed by atoms with Crippen LogP contribution in [0.3, 0.4) is 0 Å². The highest BCUT2D eigenvalue weighted by atomic mass is 16.5. The number of hydrogen-bond donors (Lipinski definition) is 1. The van der Waals surface area contributed by atoms with Crippen LogP contribution in [0, 0.1) is 5.92 Å². The van der Waals surface area contributed by atoms with E-state index in [-0.39, 0.29) is 5.91 Å². The number of benzene rings is 2. The predicted octanol–water partition coefficient (Wildman–Crippen LogP) is 3.26. The number of hydrogen-bond acceptors (Lipinski definition) is 3. The number of nitrogens with two attached hydrogens (primary N) is 1. The largest absolute Gasteiger partial charge is 0.495 e. The van der Waals surface area contributed by atoms with Gasteiger partial charge < -0.3 is 19.9 Å². The van der Waals surface area contributed by atoms with Crippen molar-refractivity contribution in [1.82, 2.24) is 4.90 Å². The van der Waals surface area contributed by atoms with Crippen LogP contribution >= 0.6 is 0 Å². The second-order valence-corrected chi connectivity index (χ2v) is 8.74. The molecule has 0 saturated carbocycles. The number of carbonyl (C=O) groups excluding carboxylic acids is 1. The molecule has 0 spiro atoms. The van der Waals surface area contributed by atoms with Crippen LogP contribution < -0.4 is 15.0 Å². The molecule has 31 heavy (non-hydrogen) atoms. The van der Waals surface area contributed by atoms with Gasteiger partial charge in [-0.2, -0.15) is 0 Å². The number of piperazine rings is 1. The molecule has 1 aliphatic rings. The SMILES string of the molecule is CCCc1ccc([C@H]([NH2+]CC(=O)N2CCN(c3ccccc3OC)CC2)C(C)C)cc1. The summed E-state index contributed by atoms with van der Waals surface area (Å²) in [5.41, 5.74) is 3.80. The molecule has 2 aromatic rings. The lowest BCUT2D eigenvalue weighted by Crippen LogP contribution is -2.88. The summed E-state index contributed by atoms with van der Waals surface area (Å²) in [5.74, 6) is 1.58. The molecule has 2 aromatic carbocycles. The van der Waals surface area contributed by atoms with E-state index in [0.29, 0.717) is 18.5 Å². The van der Waals surface area contributed by atoms with Gasteiger partial charge in [0.25, 0.3) is 5.91 Å². The third kappa shape index (κ3) is 6.01. The number of nitrogens with zero attached hydrogens (tertiary/aromatic N) is 2. The zero-order valence-corrected chi connectivity index (χ0v) is 19.5. The Morgan fingerprint density at radius 3 is 2.32 bits per heavy atom. The number of rotatable bonds is 9. The van der Waals surface area contributed by atoms with Gasteiger partial charge in [-0.25, -0.2) is 0 Å². The Morgan fingerprint density at radius 2 is 1.71 bits per heavy atom. The number of carbonyl (C=O) groups is 1. The molecule has 5 nitrogen and oxygen atoms in total. The molecular formula is C26H38N3O2+. The summed E-state index contributed by atoms with van der Waals surface area (Å²) < 4.78 is 5.50. The normalized spacial score (nSPS) is 15.3. The van der Waals surface area contributed by atoms with Crippen molar-refractivity contribution < 1.29 is 14.8 Å². The van der Waals surface area contributed by atoms with Crippen LogP contribution in [0.15, 0.2) is 48.5 Å². The highest BCUT2D eigenvalue weighted by Gasteiger charge is 2.26. The Balaban J connectivity index is 1.54. The van der Waals surface area contributed by atoms with Crippen molar-refractivity contribution in [2.45, 2.75) is 39.7 Å². The molecular weight excluding hydrogens is 386 g/mol. The van der Waals surface area contributed by atoms with Gasteiger partial charge in [-0.15, -0.1) is 0 Å². The molecule has 2 N–H and O–H groups in total. The summed E-state index contributed by atoms with van der Waals surface area (Å²) in [7, 11) is 1.71. The fraction of sp³-hybridized carbons (Fsp3) is 0.500. The van der Waals surface area contributed by atoms with Crippen molar-refractivity contribution in [3.63, 3.8) is 0 Å². The fourth-order valence-corrected chi connectivity index (χ4v) is 4.43. The Hall–Kier alpha value is -2.53. The topological polar surface area (TPSA) is 49.4 Å². The third-order valence-corrected chi connectivity index (χ3v) is 6.23. The average molecular weight is 425 g/mol. The number of quaternary nitrogens is 1. The van der Waals surface area contributed by atoms with E-state index in [1.165, 1.54) is 11.1 Å². The highest BCUT2D eigenvalue weighted by molar-refractivity contribution is 5.77. The third-order valence-electron chi connectivity index (χ3n) is 6.23. The predicted molar refractivity (Wildman–Crippen MR) is 127 cm³/mol. The summed E-state index contributed by atoms with van der Waals surface area (Å²) in [6.45, 7) is 10.3. The van der Waals surface area contributed by atoms with E-state index < -0.39 is 0 Å². The molecule has 3 rings (SSSR count). The Bertz CT molecular complexity index is 827. The maximum atomic E-state index is 12.9. The molecule has 0 bridgehead atoms. The number of ether oxygens (including phenoxy) is 1. The first-order chi connectivity index (χ1) is 15.0. The van der Waals surface area contributed by atoms with Gasteiger partial charge >= 0.3 is 0 Å². The molecule has 1 aliphatic heterocycles. The molecule has 0 radical (unpaired) electrons. The molecule has 1 saturated heterocycles. The van der Waals surface area contributed by atoms with E-state index in [0.717, 1.165) is 50.5 Å². The summed E-state index contributed by atoms with van der Waals surface area (Å²) in [5, 5.41) is 2.22. The minimum absolute atomic E-state index is 0.230. The minimum Gasteiger partial charge on any atom is -0.495 e. The van der Waals surface area contributed by atoms with Crippen LogP contribution in [0.5, 0.6) is 5.75 Å². The smallest absolute Gasteiger partial charge is 0.277 e. The summed E-state index contributed by atoms with van der Waals surface area (Å²) in [6.07, 6.45) is 2.29. The van der Waals surface area contributed by atoms with Crippen molar-refractivity contribution >= 4 is 11.6 Å². The molecule has 1 heterocycles.